The maximum absolute atomic E-state index is 8.85. The Bertz CT molecular complexity index is 493. The molecule has 0 aromatic heterocycles. The number of rotatable bonds is 2. The van der Waals surface area contributed by atoms with Gasteiger partial charge in [-0.05, 0) is 49.3 Å². The van der Waals surface area contributed by atoms with Gasteiger partial charge in [0.05, 0.1) is 11.6 Å². The van der Waals surface area contributed by atoms with Gasteiger partial charge in [-0.3, -0.25) is 4.90 Å². The van der Waals surface area contributed by atoms with Crippen molar-refractivity contribution < 1.29 is 0 Å². The summed E-state index contributed by atoms with van der Waals surface area (Å²) >= 11 is 0. The Labute approximate surface area is 115 Å². The molecule has 2 nitrogen and oxygen atoms in total. The van der Waals surface area contributed by atoms with Crippen LogP contribution in [0.1, 0.15) is 36.9 Å². The van der Waals surface area contributed by atoms with Gasteiger partial charge in [0.1, 0.15) is 0 Å². The van der Waals surface area contributed by atoms with Gasteiger partial charge < -0.3 is 0 Å². The van der Waals surface area contributed by atoms with Crippen LogP contribution in [-0.2, 0) is 0 Å². The summed E-state index contributed by atoms with van der Waals surface area (Å²) in [5.74, 6) is 1.71. The fourth-order valence-electron chi connectivity index (χ4n) is 3.41. The lowest BCUT2D eigenvalue weighted by atomic mass is 9.86. The highest BCUT2D eigenvalue weighted by atomic mass is 15.2. The number of hydrogen-bond acceptors (Lipinski definition) is 2. The summed E-state index contributed by atoms with van der Waals surface area (Å²) in [6.07, 6.45) is 7.19. The first-order chi connectivity index (χ1) is 9.28. The summed E-state index contributed by atoms with van der Waals surface area (Å²) in [4.78, 5) is 2.60. The summed E-state index contributed by atoms with van der Waals surface area (Å²) in [5.41, 5.74) is 2.07. The standard InChI is InChI=1S/C17H20N2/c1-13(15-8-6-14(10-18)7-9-15)19-11-16-4-2-3-5-17(16)12-19/h2-3,6-9,13,16-17H,4-5,11-12H2,1H3/t13-,16+,17+/m1/s1. The number of nitrogens with zero attached hydrogens (tertiary/aromatic N) is 2. The van der Waals surface area contributed by atoms with Crippen LogP contribution in [0.5, 0.6) is 0 Å². The molecule has 1 fully saturated rings. The minimum Gasteiger partial charge on any atom is -0.296 e. The van der Waals surface area contributed by atoms with E-state index in [1.165, 1.54) is 31.5 Å². The molecule has 1 aliphatic heterocycles. The molecule has 1 heterocycles. The number of fused-ring (bicyclic) bond motifs is 1. The first kappa shape index (κ1) is 12.4. The van der Waals surface area contributed by atoms with Crippen LogP contribution < -0.4 is 0 Å². The highest BCUT2D eigenvalue weighted by Gasteiger charge is 2.34. The van der Waals surface area contributed by atoms with Gasteiger partial charge in [-0.25, -0.2) is 0 Å². The van der Waals surface area contributed by atoms with Crippen LogP contribution in [0, 0.1) is 23.2 Å². The van der Waals surface area contributed by atoms with Crippen LogP contribution in [0.3, 0.4) is 0 Å². The Hall–Kier alpha value is -1.59. The zero-order valence-electron chi connectivity index (χ0n) is 11.4. The van der Waals surface area contributed by atoms with E-state index >= 15 is 0 Å². The number of nitriles is 1. The molecule has 3 rings (SSSR count). The smallest absolute Gasteiger partial charge is 0.0991 e. The van der Waals surface area contributed by atoms with E-state index in [4.69, 9.17) is 5.26 Å². The summed E-state index contributed by atoms with van der Waals surface area (Å²) in [5, 5.41) is 8.85. The molecule has 2 aliphatic rings. The molecule has 19 heavy (non-hydrogen) atoms. The molecular weight excluding hydrogens is 232 g/mol. The Balaban J connectivity index is 1.71. The first-order valence-electron chi connectivity index (χ1n) is 7.17. The number of benzene rings is 1. The Morgan fingerprint density at radius 3 is 2.21 bits per heavy atom. The third-order valence-corrected chi connectivity index (χ3v) is 4.72. The second-order valence-corrected chi connectivity index (χ2v) is 5.83. The fourth-order valence-corrected chi connectivity index (χ4v) is 3.41. The van der Waals surface area contributed by atoms with Crippen LogP contribution in [0.4, 0.5) is 0 Å². The highest BCUT2D eigenvalue weighted by molar-refractivity contribution is 5.32. The van der Waals surface area contributed by atoms with Crippen molar-refractivity contribution in [3.8, 4) is 6.07 Å². The summed E-state index contributed by atoms with van der Waals surface area (Å²) in [7, 11) is 0. The van der Waals surface area contributed by atoms with E-state index in [9.17, 15) is 0 Å². The molecule has 2 heteroatoms. The Kier molecular flexibility index (Phi) is 3.40. The molecule has 0 bridgehead atoms. The maximum atomic E-state index is 8.85. The maximum Gasteiger partial charge on any atom is 0.0991 e. The molecule has 0 N–H and O–H groups in total. The van der Waals surface area contributed by atoms with E-state index in [1.807, 2.05) is 12.1 Å². The molecule has 0 unspecified atom stereocenters. The van der Waals surface area contributed by atoms with Gasteiger partial charge in [0, 0.05) is 19.1 Å². The molecular formula is C17H20N2. The van der Waals surface area contributed by atoms with Gasteiger partial charge in [-0.1, -0.05) is 24.3 Å². The van der Waals surface area contributed by atoms with Gasteiger partial charge in [-0.15, -0.1) is 0 Å². The molecule has 1 saturated heterocycles. The molecule has 1 aliphatic carbocycles. The van der Waals surface area contributed by atoms with Crippen molar-refractivity contribution in [2.75, 3.05) is 13.1 Å². The van der Waals surface area contributed by atoms with Crippen LogP contribution in [-0.4, -0.2) is 18.0 Å². The van der Waals surface area contributed by atoms with Crippen molar-refractivity contribution in [1.29, 1.82) is 5.26 Å². The van der Waals surface area contributed by atoms with Gasteiger partial charge in [0.15, 0.2) is 0 Å². The molecule has 0 saturated carbocycles. The van der Waals surface area contributed by atoms with Gasteiger partial charge in [0.25, 0.3) is 0 Å². The van der Waals surface area contributed by atoms with E-state index in [0.29, 0.717) is 6.04 Å². The SMILES string of the molecule is C[C@H](c1ccc(C#N)cc1)N1C[C@@H]2CC=CC[C@H]2C1. The Morgan fingerprint density at radius 1 is 1.11 bits per heavy atom. The fraction of sp³-hybridized carbons (Fsp3) is 0.471. The van der Waals surface area contributed by atoms with Crippen LogP contribution >= 0.6 is 0 Å². The average molecular weight is 252 g/mol. The normalized spacial score (nSPS) is 27.8. The lowest BCUT2D eigenvalue weighted by Crippen LogP contribution is -2.24. The Morgan fingerprint density at radius 2 is 1.68 bits per heavy atom. The molecule has 1 aromatic rings. The van der Waals surface area contributed by atoms with Crippen molar-refractivity contribution in [3.05, 3.63) is 47.5 Å². The third-order valence-electron chi connectivity index (χ3n) is 4.72. The lowest BCUT2D eigenvalue weighted by molar-refractivity contribution is 0.249. The van der Waals surface area contributed by atoms with Crippen molar-refractivity contribution in [3.63, 3.8) is 0 Å². The topological polar surface area (TPSA) is 27.0 Å². The predicted molar refractivity (Wildman–Crippen MR) is 76.5 cm³/mol. The molecule has 0 spiro atoms. The number of likely N-dealkylation sites (tertiary alicyclic amines) is 1. The van der Waals surface area contributed by atoms with Gasteiger partial charge in [0.2, 0.25) is 0 Å². The lowest BCUT2D eigenvalue weighted by Gasteiger charge is -2.24. The monoisotopic (exact) mass is 252 g/mol. The van der Waals surface area contributed by atoms with Crippen molar-refractivity contribution in [1.82, 2.24) is 4.90 Å². The van der Waals surface area contributed by atoms with E-state index in [2.05, 4.69) is 42.2 Å². The molecule has 98 valence electrons. The summed E-state index contributed by atoms with van der Waals surface area (Å²) in [6, 6.07) is 10.7. The molecule has 1 aromatic carbocycles. The van der Waals surface area contributed by atoms with Crippen LogP contribution in [0.25, 0.3) is 0 Å². The van der Waals surface area contributed by atoms with Gasteiger partial charge in [-0.2, -0.15) is 5.26 Å². The molecule has 3 atom stereocenters. The molecule has 0 radical (unpaired) electrons. The van der Waals surface area contributed by atoms with Crippen molar-refractivity contribution >= 4 is 0 Å². The van der Waals surface area contributed by atoms with E-state index in [0.717, 1.165) is 17.4 Å². The second-order valence-electron chi connectivity index (χ2n) is 5.83. The predicted octanol–water partition coefficient (Wildman–Crippen LogP) is 3.52. The van der Waals surface area contributed by atoms with E-state index < -0.39 is 0 Å². The number of allylic oxidation sites excluding steroid dienone is 2. The van der Waals surface area contributed by atoms with Gasteiger partial charge >= 0.3 is 0 Å². The molecule has 0 amide bonds. The summed E-state index contributed by atoms with van der Waals surface area (Å²) < 4.78 is 0. The minimum atomic E-state index is 0.457. The third kappa shape index (κ3) is 2.43. The second kappa shape index (κ2) is 5.19. The van der Waals surface area contributed by atoms with E-state index in [-0.39, 0.29) is 0 Å². The quantitative estimate of drug-likeness (QED) is 0.753. The largest absolute Gasteiger partial charge is 0.296 e. The highest BCUT2D eigenvalue weighted by Crippen LogP contribution is 2.36. The number of hydrogen-bond donors (Lipinski definition) is 0. The van der Waals surface area contributed by atoms with Crippen LogP contribution in [0.15, 0.2) is 36.4 Å². The van der Waals surface area contributed by atoms with E-state index in [1.54, 1.807) is 0 Å². The van der Waals surface area contributed by atoms with Crippen molar-refractivity contribution in [2.45, 2.75) is 25.8 Å². The zero-order chi connectivity index (χ0) is 13.2. The van der Waals surface area contributed by atoms with Crippen LogP contribution in [0.2, 0.25) is 0 Å². The minimum absolute atomic E-state index is 0.457. The zero-order valence-corrected chi connectivity index (χ0v) is 11.4. The average Bonchev–Trinajstić information content (AvgIpc) is 2.90. The summed E-state index contributed by atoms with van der Waals surface area (Å²) in [6.45, 7) is 4.72. The first-order valence-corrected chi connectivity index (χ1v) is 7.17. The van der Waals surface area contributed by atoms with Crippen molar-refractivity contribution in [2.24, 2.45) is 11.8 Å².